The van der Waals surface area contributed by atoms with Gasteiger partial charge in [-0.1, -0.05) is 72.8 Å². The number of hydrogen-bond acceptors (Lipinski definition) is 6. The molecule has 0 aliphatic carbocycles. The number of aliphatic hydroxyl groups excluding tert-OH is 1. The van der Waals surface area contributed by atoms with Crippen molar-refractivity contribution in [2.45, 2.75) is 31.0 Å². The van der Waals surface area contributed by atoms with E-state index in [2.05, 4.69) is 5.32 Å². The van der Waals surface area contributed by atoms with E-state index < -0.39 is 11.6 Å². The molecule has 0 saturated heterocycles. The van der Waals surface area contributed by atoms with Gasteiger partial charge in [-0.15, -0.1) is 0 Å². The number of nitrogens with one attached hydrogen (secondary N) is 1. The SMILES string of the molecule is COc1ccc(CNC(=O)[C@]2(Cc3ccccc3)N=C(c3ccc(OCCCO)cc3)O[C@@H]2c2ccccc2)cc1. The summed E-state index contributed by atoms with van der Waals surface area (Å²) in [6, 6.07) is 34.7. The van der Waals surface area contributed by atoms with E-state index in [1.54, 1.807) is 7.11 Å². The van der Waals surface area contributed by atoms with Crippen molar-refractivity contribution >= 4 is 11.8 Å². The summed E-state index contributed by atoms with van der Waals surface area (Å²) >= 11 is 0. The molecule has 4 aromatic rings. The highest BCUT2D eigenvalue weighted by molar-refractivity contribution is 6.01. The van der Waals surface area contributed by atoms with Crippen LogP contribution in [0, 0.1) is 0 Å². The summed E-state index contributed by atoms with van der Waals surface area (Å²) in [4.78, 5) is 19.3. The van der Waals surface area contributed by atoms with Crippen molar-refractivity contribution < 1.29 is 24.1 Å². The molecule has 1 heterocycles. The third-order valence-electron chi connectivity index (χ3n) is 7.06. The lowest BCUT2D eigenvalue weighted by Gasteiger charge is -2.31. The minimum absolute atomic E-state index is 0.0770. The Bertz CT molecular complexity index is 1440. The van der Waals surface area contributed by atoms with E-state index >= 15 is 0 Å². The second-order valence-electron chi connectivity index (χ2n) is 9.89. The Morgan fingerprint density at radius 3 is 2.20 bits per heavy atom. The maximum absolute atomic E-state index is 14.3. The van der Waals surface area contributed by atoms with Crippen molar-refractivity contribution in [2.75, 3.05) is 20.3 Å². The van der Waals surface area contributed by atoms with Gasteiger partial charge in [0.25, 0.3) is 5.91 Å². The van der Waals surface area contributed by atoms with Crippen molar-refractivity contribution in [2.24, 2.45) is 4.99 Å². The summed E-state index contributed by atoms with van der Waals surface area (Å²) < 4.78 is 17.5. The maximum atomic E-state index is 14.3. The molecule has 7 heteroatoms. The van der Waals surface area contributed by atoms with Crippen LogP contribution in [-0.4, -0.2) is 42.8 Å². The first-order chi connectivity index (χ1) is 20.1. The number of aliphatic hydroxyl groups is 1. The molecule has 0 fully saturated rings. The molecule has 2 N–H and O–H groups in total. The van der Waals surface area contributed by atoms with Gasteiger partial charge < -0.3 is 24.6 Å². The number of ether oxygens (including phenoxy) is 3. The lowest BCUT2D eigenvalue weighted by atomic mass is 9.82. The number of nitrogens with zero attached hydrogens (tertiary/aromatic N) is 1. The molecule has 0 saturated carbocycles. The van der Waals surface area contributed by atoms with Crippen molar-refractivity contribution in [3.63, 3.8) is 0 Å². The van der Waals surface area contributed by atoms with Crippen LogP contribution in [-0.2, 0) is 22.5 Å². The van der Waals surface area contributed by atoms with Crippen LogP contribution in [0.3, 0.4) is 0 Å². The van der Waals surface area contributed by atoms with Gasteiger partial charge in [-0.05, 0) is 53.1 Å². The van der Waals surface area contributed by atoms with Gasteiger partial charge in [-0.25, -0.2) is 4.99 Å². The first-order valence-electron chi connectivity index (χ1n) is 13.7. The van der Waals surface area contributed by atoms with Gasteiger partial charge in [0.05, 0.1) is 13.7 Å². The van der Waals surface area contributed by atoms with Crippen molar-refractivity contribution in [1.82, 2.24) is 5.32 Å². The molecule has 1 amide bonds. The molecule has 4 aromatic carbocycles. The van der Waals surface area contributed by atoms with Gasteiger partial charge in [0, 0.05) is 31.6 Å². The van der Waals surface area contributed by atoms with Gasteiger partial charge >= 0.3 is 0 Å². The number of amides is 1. The van der Waals surface area contributed by atoms with E-state index in [9.17, 15) is 4.79 Å². The van der Waals surface area contributed by atoms with Crippen molar-refractivity contribution in [3.05, 3.63) is 131 Å². The molecular formula is C34H34N2O5. The Kier molecular flexibility index (Phi) is 8.96. The normalized spacial score (nSPS) is 17.8. The average Bonchev–Trinajstić information content (AvgIpc) is 3.42. The summed E-state index contributed by atoms with van der Waals surface area (Å²) in [5, 5.41) is 12.2. The Balaban J connectivity index is 1.50. The molecule has 7 nitrogen and oxygen atoms in total. The van der Waals surface area contributed by atoms with Gasteiger partial charge in [-0.2, -0.15) is 0 Å². The largest absolute Gasteiger partial charge is 0.497 e. The van der Waals surface area contributed by atoms with Crippen LogP contribution < -0.4 is 14.8 Å². The number of carbonyl (C=O) groups is 1. The summed E-state index contributed by atoms with van der Waals surface area (Å²) in [6.07, 6.45) is 0.271. The minimum Gasteiger partial charge on any atom is -0.497 e. The lowest BCUT2D eigenvalue weighted by molar-refractivity contribution is -0.129. The van der Waals surface area contributed by atoms with Crippen LogP contribution in [0.25, 0.3) is 0 Å². The second-order valence-corrected chi connectivity index (χ2v) is 9.89. The van der Waals surface area contributed by atoms with Crippen LogP contribution >= 0.6 is 0 Å². The molecule has 0 radical (unpaired) electrons. The molecule has 1 aliphatic heterocycles. The zero-order chi connectivity index (χ0) is 28.5. The van der Waals surface area contributed by atoms with Gasteiger partial charge in [0.1, 0.15) is 11.5 Å². The minimum atomic E-state index is -1.25. The average molecular weight is 551 g/mol. The Hall–Kier alpha value is -4.62. The Labute approximate surface area is 240 Å². The number of rotatable bonds is 12. The van der Waals surface area contributed by atoms with E-state index in [-0.39, 0.29) is 12.5 Å². The lowest BCUT2D eigenvalue weighted by Crippen LogP contribution is -2.49. The fourth-order valence-electron chi connectivity index (χ4n) is 4.90. The fraction of sp³-hybridized carbons (Fsp3) is 0.235. The van der Waals surface area contributed by atoms with E-state index in [1.165, 1.54) is 0 Å². The molecule has 2 atom stereocenters. The number of hydrogen-bond donors (Lipinski definition) is 2. The predicted molar refractivity (Wildman–Crippen MR) is 158 cm³/mol. The molecule has 5 rings (SSSR count). The van der Waals surface area contributed by atoms with Gasteiger partial charge in [0.2, 0.25) is 5.90 Å². The number of aliphatic imine (C=N–C) groups is 1. The third-order valence-corrected chi connectivity index (χ3v) is 7.06. The highest BCUT2D eigenvalue weighted by atomic mass is 16.5. The van der Waals surface area contributed by atoms with E-state index in [1.807, 2.05) is 109 Å². The smallest absolute Gasteiger partial charge is 0.252 e. The topological polar surface area (TPSA) is 89.4 Å². The highest BCUT2D eigenvalue weighted by Gasteiger charge is 2.53. The monoisotopic (exact) mass is 550 g/mol. The van der Waals surface area contributed by atoms with Gasteiger partial charge in [-0.3, -0.25) is 4.79 Å². The van der Waals surface area contributed by atoms with Crippen LogP contribution in [0.15, 0.2) is 114 Å². The first-order valence-corrected chi connectivity index (χ1v) is 13.7. The van der Waals surface area contributed by atoms with Gasteiger partial charge in [0.15, 0.2) is 11.6 Å². The number of carbonyl (C=O) groups excluding carboxylic acids is 1. The third kappa shape index (κ3) is 6.58. The van der Waals surface area contributed by atoms with E-state index in [0.29, 0.717) is 37.6 Å². The second kappa shape index (κ2) is 13.2. The zero-order valence-corrected chi connectivity index (χ0v) is 23.0. The van der Waals surface area contributed by atoms with E-state index in [4.69, 9.17) is 24.3 Å². The van der Waals surface area contributed by atoms with Crippen LogP contribution in [0.2, 0.25) is 0 Å². The first kappa shape index (κ1) is 27.9. The molecule has 0 spiro atoms. The Morgan fingerprint density at radius 2 is 1.54 bits per heavy atom. The molecule has 210 valence electrons. The van der Waals surface area contributed by atoms with Crippen LogP contribution in [0.4, 0.5) is 0 Å². The number of benzene rings is 4. The van der Waals surface area contributed by atoms with Crippen molar-refractivity contribution in [1.29, 1.82) is 0 Å². The zero-order valence-electron chi connectivity index (χ0n) is 23.0. The summed E-state index contributed by atoms with van der Waals surface area (Å²) in [5.41, 5.74) is 2.30. The van der Waals surface area contributed by atoms with Crippen LogP contribution in [0.5, 0.6) is 11.5 Å². The van der Waals surface area contributed by atoms with Crippen LogP contribution in [0.1, 0.15) is 34.8 Å². The number of methoxy groups -OCH3 is 1. The standard InChI is InChI=1S/C34H34N2O5/c1-39-29-17-13-26(14-18-29)24-35-33(38)34(23-25-9-4-2-5-10-25)31(27-11-6-3-7-12-27)41-32(36-34)28-15-19-30(20-16-28)40-22-8-21-37/h2-7,9-20,31,37H,8,21-24H2,1H3,(H,35,38)/t31-,34-/m1/s1. The molecule has 0 aromatic heterocycles. The summed E-state index contributed by atoms with van der Waals surface area (Å²) in [5.74, 6) is 1.63. The predicted octanol–water partition coefficient (Wildman–Crippen LogP) is 5.27. The fourth-order valence-corrected chi connectivity index (χ4v) is 4.90. The molecule has 41 heavy (non-hydrogen) atoms. The molecular weight excluding hydrogens is 516 g/mol. The quantitative estimate of drug-likeness (QED) is 0.235. The highest BCUT2D eigenvalue weighted by Crippen LogP contribution is 2.42. The molecule has 0 bridgehead atoms. The van der Waals surface area contributed by atoms with E-state index in [0.717, 1.165) is 28.0 Å². The summed E-state index contributed by atoms with van der Waals surface area (Å²) in [6.45, 7) is 0.844. The Morgan fingerprint density at radius 1 is 0.878 bits per heavy atom. The maximum Gasteiger partial charge on any atom is 0.252 e. The molecule has 1 aliphatic rings. The summed E-state index contributed by atoms with van der Waals surface area (Å²) in [7, 11) is 1.63. The van der Waals surface area contributed by atoms with Crippen molar-refractivity contribution in [3.8, 4) is 11.5 Å². The molecule has 0 unspecified atom stereocenters.